The first-order valence-corrected chi connectivity index (χ1v) is 10.8. The Morgan fingerprint density at radius 2 is 1.64 bits per heavy atom. The monoisotopic (exact) mass is 388 g/mol. The van der Waals surface area contributed by atoms with Crippen LogP contribution in [0.25, 0.3) is 20.8 Å². The molecule has 2 saturated carbocycles. The van der Waals surface area contributed by atoms with Crippen LogP contribution in [0.2, 0.25) is 0 Å². The summed E-state index contributed by atoms with van der Waals surface area (Å²) in [4.78, 5) is 32.2. The molecular formula is C23H20N2O2S. The largest absolute Gasteiger partial charge is 0.274 e. The predicted octanol–water partition coefficient (Wildman–Crippen LogP) is 4.81. The number of benzene rings is 2. The SMILES string of the molecule is Cc1ccc2sc(-c3ccc(N4C(=O)[C@H]5[C@H]6CC[C@@H](C6)[C@@H]5C4=O)cc3)nc2c1. The van der Waals surface area contributed by atoms with Gasteiger partial charge in [-0.2, -0.15) is 0 Å². The van der Waals surface area contributed by atoms with Crippen molar-refractivity contribution in [2.24, 2.45) is 23.7 Å². The molecule has 2 amide bonds. The molecule has 28 heavy (non-hydrogen) atoms. The number of hydrogen-bond acceptors (Lipinski definition) is 4. The summed E-state index contributed by atoms with van der Waals surface area (Å²) >= 11 is 1.66. The standard InChI is InChI=1S/C23H20N2O2S/c1-12-2-9-18-17(10-12)24-21(28-18)13-5-7-16(8-6-13)25-22(26)19-14-3-4-15(11-14)20(19)23(25)27/h2,5-10,14-15,19-20H,3-4,11H2,1H3/t14-,15-,19-,20-/m0/s1. The zero-order valence-electron chi connectivity index (χ0n) is 15.6. The van der Waals surface area contributed by atoms with Crippen LogP contribution in [-0.2, 0) is 9.59 Å². The summed E-state index contributed by atoms with van der Waals surface area (Å²) in [6.07, 6.45) is 3.28. The fourth-order valence-electron chi connectivity index (χ4n) is 5.58. The van der Waals surface area contributed by atoms with Gasteiger partial charge >= 0.3 is 0 Å². The van der Waals surface area contributed by atoms with Gasteiger partial charge in [0.2, 0.25) is 11.8 Å². The van der Waals surface area contributed by atoms with E-state index in [2.05, 4.69) is 25.1 Å². The fourth-order valence-corrected chi connectivity index (χ4v) is 6.53. The van der Waals surface area contributed by atoms with Crippen molar-refractivity contribution in [2.45, 2.75) is 26.2 Å². The van der Waals surface area contributed by atoms with E-state index in [0.29, 0.717) is 17.5 Å². The first kappa shape index (κ1) is 16.4. The summed E-state index contributed by atoms with van der Waals surface area (Å²) in [5.74, 6) is 0.733. The molecule has 4 atom stereocenters. The highest BCUT2D eigenvalue weighted by atomic mass is 32.1. The van der Waals surface area contributed by atoms with Crippen LogP contribution in [0.15, 0.2) is 42.5 Å². The smallest absolute Gasteiger partial charge is 0.237 e. The first-order valence-electron chi connectivity index (χ1n) is 9.95. The van der Waals surface area contributed by atoms with Crippen molar-refractivity contribution >= 4 is 39.1 Å². The maximum absolute atomic E-state index is 13.0. The van der Waals surface area contributed by atoms with Crippen LogP contribution in [-0.4, -0.2) is 16.8 Å². The molecule has 0 radical (unpaired) electrons. The fraction of sp³-hybridized carbons (Fsp3) is 0.348. The van der Waals surface area contributed by atoms with Gasteiger partial charge in [-0.1, -0.05) is 6.07 Å². The Bertz CT molecular complexity index is 1110. The quantitative estimate of drug-likeness (QED) is 0.592. The van der Waals surface area contributed by atoms with Crippen LogP contribution in [0.4, 0.5) is 5.69 Å². The van der Waals surface area contributed by atoms with Crippen molar-refractivity contribution in [1.82, 2.24) is 4.98 Å². The summed E-state index contributed by atoms with van der Waals surface area (Å²) in [5, 5.41) is 0.959. The van der Waals surface area contributed by atoms with Crippen LogP contribution in [0.3, 0.4) is 0 Å². The molecule has 0 N–H and O–H groups in total. The van der Waals surface area contributed by atoms with E-state index in [9.17, 15) is 9.59 Å². The van der Waals surface area contributed by atoms with Crippen molar-refractivity contribution in [3.63, 3.8) is 0 Å². The molecule has 2 aromatic carbocycles. The number of aromatic nitrogens is 1. The molecule has 6 rings (SSSR count). The van der Waals surface area contributed by atoms with E-state index >= 15 is 0 Å². The van der Waals surface area contributed by atoms with E-state index in [0.717, 1.165) is 40.1 Å². The number of carbonyl (C=O) groups excluding carboxylic acids is 2. The lowest BCUT2D eigenvalue weighted by Gasteiger charge is -2.19. The molecule has 140 valence electrons. The van der Waals surface area contributed by atoms with Crippen LogP contribution in [0, 0.1) is 30.6 Å². The van der Waals surface area contributed by atoms with Gasteiger partial charge < -0.3 is 0 Å². The Labute approximate surface area is 167 Å². The Morgan fingerprint density at radius 1 is 0.964 bits per heavy atom. The molecule has 3 fully saturated rings. The molecule has 0 unspecified atom stereocenters. The number of fused-ring (bicyclic) bond motifs is 6. The van der Waals surface area contributed by atoms with Gasteiger partial charge in [0.25, 0.3) is 0 Å². The van der Waals surface area contributed by atoms with Gasteiger partial charge in [0.15, 0.2) is 0 Å². The van der Waals surface area contributed by atoms with E-state index in [1.807, 2.05) is 24.3 Å². The van der Waals surface area contributed by atoms with Gasteiger partial charge in [-0.05, 0) is 80.0 Å². The Morgan fingerprint density at radius 3 is 2.32 bits per heavy atom. The number of aryl methyl sites for hydroxylation is 1. The maximum Gasteiger partial charge on any atom is 0.237 e. The average molecular weight is 388 g/mol. The minimum absolute atomic E-state index is 0.0189. The van der Waals surface area contributed by atoms with Crippen molar-refractivity contribution in [1.29, 1.82) is 0 Å². The molecular weight excluding hydrogens is 368 g/mol. The molecule has 2 bridgehead atoms. The summed E-state index contributed by atoms with van der Waals surface area (Å²) < 4.78 is 1.16. The number of imide groups is 1. The lowest BCUT2D eigenvalue weighted by Crippen LogP contribution is -2.32. The Balaban J connectivity index is 1.32. The molecule has 1 aromatic heterocycles. The van der Waals surface area contributed by atoms with Gasteiger partial charge in [-0.25, -0.2) is 4.98 Å². The number of hydrogen-bond donors (Lipinski definition) is 0. The highest BCUT2D eigenvalue weighted by molar-refractivity contribution is 7.21. The van der Waals surface area contributed by atoms with Crippen LogP contribution in [0.5, 0.6) is 0 Å². The molecule has 3 aliphatic rings. The zero-order chi connectivity index (χ0) is 19.0. The highest BCUT2D eigenvalue weighted by Crippen LogP contribution is 2.56. The first-order chi connectivity index (χ1) is 13.6. The van der Waals surface area contributed by atoms with Gasteiger partial charge in [0.1, 0.15) is 5.01 Å². The van der Waals surface area contributed by atoms with Gasteiger partial charge in [-0.15, -0.1) is 11.3 Å². The van der Waals surface area contributed by atoms with Crippen LogP contribution >= 0.6 is 11.3 Å². The number of nitrogens with zero attached hydrogens (tertiary/aromatic N) is 2. The molecule has 1 aliphatic heterocycles. The van der Waals surface area contributed by atoms with Gasteiger partial charge in [-0.3, -0.25) is 14.5 Å². The van der Waals surface area contributed by atoms with Crippen molar-refractivity contribution in [3.8, 4) is 10.6 Å². The van der Waals surface area contributed by atoms with Crippen LogP contribution < -0.4 is 4.90 Å². The predicted molar refractivity (Wildman–Crippen MR) is 110 cm³/mol. The lowest BCUT2D eigenvalue weighted by atomic mass is 9.81. The third-order valence-corrected chi connectivity index (χ3v) is 7.93. The minimum atomic E-state index is -0.0709. The Hall–Kier alpha value is -2.53. The summed E-state index contributed by atoms with van der Waals surface area (Å²) in [6, 6.07) is 14.0. The highest BCUT2D eigenvalue weighted by Gasteiger charge is 2.61. The van der Waals surface area contributed by atoms with E-state index in [1.165, 1.54) is 10.5 Å². The van der Waals surface area contributed by atoms with E-state index in [1.54, 1.807) is 11.3 Å². The van der Waals surface area contributed by atoms with E-state index < -0.39 is 0 Å². The number of rotatable bonds is 2. The topological polar surface area (TPSA) is 50.3 Å². The molecule has 3 aromatic rings. The van der Waals surface area contributed by atoms with Gasteiger partial charge in [0.05, 0.1) is 27.7 Å². The molecule has 1 saturated heterocycles. The van der Waals surface area contributed by atoms with Crippen LogP contribution in [0.1, 0.15) is 24.8 Å². The normalized spacial score (nSPS) is 28.5. The average Bonchev–Trinajstić information content (AvgIpc) is 3.45. The summed E-state index contributed by atoms with van der Waals surface area (Å²) in [5.41, 5.74) is 3.93. The molecule has 5 heteroatoms. The zero-order valence-corrected chi connectivity index (χ0v) is 16.4. The number of amides is 2. The number of carbonyl (C=O) groups is 2. The lowest BCUT2D eigenvalue weighted by molar-refractivity contribution is -0.123. The van der Waals surface area contributed by atoms with Crippen molar-refractivity contribution < 1.29 is 9.59 Å². The second-order valence-corrected chi connectivity index (χ2v) is 9.46. The summed E-state index contributed by atoms with van der Waals surface area (Å²) in [7, 11) is 0. The third kappa shape index (κ3) is 2.20. The molecule has 2 aliphatic carbocycles. The third-order valence-electron chi connectivity index (χ3n) is 6.84. The van der Waals surface area contributed by atoms with E-state index in [4.69, 9.17) is 4.98 Å². The minimum Gasteiger partial charge on any atom is -0.274 e. The second-order valence-electron chi connectivity index (χ2n) is 8.43. The van der Waals surface area contributed by atoms with Crippen molar-refractivity contribution in [2.75, 3.05) is 4.90 Å². The molecule has 0 spiro atoms. The number of anilines is 1. The second kappa shape index (κ2) is 5.74. The van der Waals surface area contributed by atoms with Crippen molar-refractivity contribution in [3.05, 3.63) is 48.0 Å². The molecule has 2 heterocycles. The summed E-state index contributed by atoms with van der Waals surface area (Å²) in [6.45, 7) is 2.07. The maximum atomic E-state index is 13.0. The molecule has 4 nitrogen and oxygen atoms in total. The van der Waals surface area contributed by atoms with Gasteiger partial charge in [0, 0.05) is 5.56 Å². The number of thiazole rings is 1. The Kier molecular flexibility index (Phi) is 3.37. The van der Waals surface area contributed by atoms with E-state index in [-0.39, 0.29) is 23.7 Å².